The third-order valence-corrected chi connectivity index (χ3v) is 4.33. The minimum atomic E-state index is -0.476. The van der Waals surface area contributed by atoms with Crippen LogP contribution in [0.3, 0.4) is 0 Å². The summed E-state index contributed by atoms with van der Waals surface area (Å²) in [4.78, 5) is 12.5. The van der Waals surface area contributed by atoms with Crippen molar-refractivity contribution in [3.05, 3.63) is 76.1 Å². The molecule has 3 rings (SSSR count). The van der Waals surface area contributed by atoms with Gasteiger partial charge >= 0.3 is 0 Å². The fraction of sp³-hybridized carbons (Fsp3) is 0.143. The molecule has 6 heteroatoms. The van der Waals surface area contributed by atoms with E-state index in [-0.39, 0.29) is 23.7 Å². The second kappa shape index (κ2) is 7.67. The van der Waals surface area contributed by atoms with E-state index in [1.54, 1.807) is 13.8 Å². The maximum Gasteiger partial charge on any atom is 0.281 e. The second-order valence-electron chi connectivity index (χ2n) is 5.95. The van der Waals surface area contributed by atoms with Crippen molar-refractivity contribution in [1.29, 1.82) is 5.26 Å². The van der Waals surface area contributed by atoms with Gasteiger partial charge < -0.3 is 5.11 Å². The van der Waals surface area contributed by atoms with Crippen molar-refractivity contribution in [2.45, 2.75) is 20.4 Å². The first kappa shape index (κ1) is 18.1. The predicted molar refractivity (Wildman–Crippen MR) is 104 cm³/mol. The molecule has 0 aliphatic rings. The van der Waals surface area contributed by atoms with Gasteiger partial charge in [-0.3, -0.25) is 9.36 Å². The maximum atomic E-state index is 12.5. The van der Waals surface area contributed by atoms with Crippen LogP contribution < -0.4 is 5.56 Å². The van der Waals surface area contributed by atoms with Crippen LogP contribution in [0, 0.1) is 18.3 Å². The molecule has 0 atom stereocenters. The smallest absolute Gasteiger partial charge is 0.281 e. The molecule has 2 aromatic carbocycles. The molecule has 0 saturated carbocycles. The Morgan fingerprint density at radius 3 is 2.26 bits per heavy atom. The Morgan fingerprint density at radius 2 is 1.67 bits per heavy atom. The van der Waals surface area contributed by atoms with E-state index >= 15 is 0 Å². The first-order valence-electron chi connectivity index (χ1n) is 8.50. The highest BCUT2D eigenvalue weighted by Gasteiger charge is 2.18. The lowest BCUT2D eigenvalue weighted by Crippen LogP contribution is -2.20. The Bertz CT molecular complexity index is 1090. The number of aromatic hydroxyl groups is 1. The van der Waals surface area contributed by atoms with Gasteiger partial charge in [0, 0.05) is 12.1 Å². The monoisotopic (exact) mass is 358 g/mol. The summed E-state index contributed by atoms with van der Waals surface area (Å²) in [6, 6.07) is 19.4. The molecular weight excluding hydrogens is 340 g/mol. The SMILES string of the molecule is CCn1c(O)c(C#N)c(C)c(N=Nc2ccc(-c3ccccc3)cc2)c1=O. The summed E-state index contributed by atoms with van der Waals surface area (Å²) >= 11 is 0. The Labute approximate surface area is 156 Å². The van der Waals surface area contributed by atoms with Crippen molar-refractivity contribution in [2.24, 2.45) is 10.2 Å². The van der Waals surface area contributed by atoms with Crippen molar-refractivity contribution >= 4 is 11.4 Å². The van der Waals surface area contributed by atoms with Crippen LogP contribution in [-0.4, -0.2) is 9.67 Å². The number of hydrogen-bond donors (Lipinski definition) is 1. The first-order valence-corrected chi connectivity index (χ1v) is 8.50. The molecule has 0 fully saturated rings. The van der Waals surface area contributed by atoms with Gasteiger partial charge in [-0.15, -0.1) is 5.11 Å². The molecule has 0 aliphatic heterocycles. The van der Waals surface area contributed by atoms with Crippen LogP contribution >= 0.6 is 0 Å². The van der Waals surface area contributed by atoms with E-state index in [4.69, 9.17) is 0 Å². The molecule has 0 bridgehead atoms. The Hall–Kier alpha value is -3.72. The number of azo groups is 1. The minimum absolute atomic E-state index is 0.0322. The van der Waals surface area contributed by atoms with Crippen LogP contribution in [0.15, 0.2) is 69.6 Å². The molecule has 0 spiro atoms. The van der Waals surface area contributed by atoms with Crippen molar-refractivity contribution in [3.63, 3.8) is 0 Å². The average molecular weight is 358 g/mol. The van der Waals surface area contributed by atoms with E-state index < -0.39 is 5.56 Å². The zero-order chi connectivity index (χ0) is 19.4. The third-order valence-electron chi connectivity index (χ3n) is 4.33. The fourth-order valence-electron chi connectivity index (χ4n) is 2.81. The molecule has 0 radical (unpaired) electrons. The highest BCUT2D eigenvalue weighted by Crippen LogP contribution is 2.27. The minimum Gasteiger partial charge on any atom is -0.493 e. The van der Waals surface area contributed by atoms with Gasteiger partial charge in [0.2, 0.25) is 5.88 Å². The maximum absolute atomic E-state index is 12.5. The van der Waals surface area contributed by atoms with Crippen molar-refractivity contribution in [3.8, 4) is 23.1 Å². The van der Waals surface area contributed by atoms with Gasteiger partial charge in [-0.05, 0) is 37.1 Å². The Morgan fingerprint density at radius 1 is 1.04 bits per heavy atom. The van der Waals surface area contributed by atoms with Gasteiger partial charge in [0.25, 0.3) is 5.56 Å². The second-order valence-corrected chi connectivity index (χ2v) is 5.95. The zero-order valence-corrected chi connectivity index (χ0v) is 15.0. The number of nitrogens with zero attached hydrogens (tertiary/aromatic N) is 4. The molecule has 0 aliphatic carbocycles. The summed E-state index contributed by atoms with van der Waals surface area (Å²) in [6.07, 6.45) is 0. The Kier molecular flexibility index (Phi) is 5.13. The van der Waals surface area contributed by atoms with E-state index in [1.165, 1.54) is 0 Å². The quantitative estimate of drug-likeness (QED) is 0.677. The van der Waals surface area contributed by atoms with E-state index in [1.807, 2.05) is 60.7 Å². The highest BCUT2D eigenvalue weighted by molar-refractivity contribution is 5.65. The van der Waals surface area contributed by atoms with Crippen LogP contribution in [0.4, 0.5) is 11.4 Å². The highest BCUT2D eigenvalue weighted by atomic mass is 16.3. The number of pyridine rings is 1. The molecule has 134 valence electrons. The lowest BCUT2D eigenvalue weighted by molar-refractivity contribution is 0.409. The summed E-state index contributed by atoms with van der Waals surface area (Å²) in [6.45, 7) is 3.52. The molecule has 3 aromatic rings. The largest absolute Gasteiger partial charge is 0.493 e. The van der Waals surface area contributed by atoms with Gasteiger partial charge in [0.05, 0.1) is 5.69 Å². The van der Waals surface area contributed by atoms with Crippen LogP contribution in [0.5, 0.6) is 5.88 Å². The zero-order valence-electron chi connectivity index (χ0n) is 15.0. The summed E-state index contributed by atoms with van der Waals surface area (Å²) in [5.41, 5.74) is 2.66. The van der Waals surface area contributed by atoms with Crippen LogP contribution in [-0.2, 0) is 6.54 Å². The van der Waals surface area contributed by atoms with E-state index in [2.05, 4.69) is 10.2 Å². The normalized spacial score (nSPS) is 10.9. The number of nitriles is 1. The molecule has 0 saturated heterocycles. The molecule has 0 unspecified atom stereocenters. The summed E-state index contributed by atoms with van der Waals surface area (Å²) in [5.74, 6) is -0.339. The fourth-order valence-corrected chi connectivity index (χ4v) is 2.81. The predicted octanol–water partition coefficient (Wildman–Crippen LogP) is 4.84. The number of hydrogen-bond acceptors (Lipinski definition) is 5. The summed E-state index contributed by atoms with van der Waals surface area (Å²) < 4.78 is 1.11. The van der Waals surface area contributed by atoms with Crippen molar-refractivity contribution in [1.82, 2.24) is 4.57 Å². The van der Waals surface area contributed by atoms with Crippen molar-refractivity contribution in [2.75, 3.05) is 0 Å². The first-order chi connectivity index (χ1) is 13.1. The average Bonchev–Trinajstić information content (AvgIpc) is 2.70. The van der Waals surface area contributed by atoms with Crippen LogP contribution in [0.25, 0.3) is 11.1 Å². The number of aromatic nitrogens is 1. The Balaban J connectivity index is 1.97. The number of rotatable bonds is 4. The molecule has 27 heavy (non-hydrogen) atoms. The lowest BCUT2D eigenvalue weighted by atomic mass is 10.1. The van der Waals surface area contributed by atoms with Gasteiger partial charge in [-0.25, -0.2) is 0 Å². The van der Waals surface area contributed by atoms with Crippen molar-refractivity contribution < 1.29 is 5.11 Å². The molecule has 6 nitrogen and oxygen atoms in total. The standard InChI is InChI=1S/C21H18N4O2/c1-3-25-20(26)18(13-22)14(2)19(21(25)27)24-23-17-11-9-16(10-12-17)15-7-5-4-6-8-15/h4-12,26H,3H2,1-2H3. The topological polar surface area (TPSA) is 90.7 Å². The molecule has 1 heterocycles. The molecule has 1 aromatic heterocycles. The van der Waals surface area contributed by atoms with Gasteiger partial charge in [-0.1, -0.05) is 42.5 Å². The van der Waals surface area contributed by atoms with E-state index in [9.17, 15) is 15.2 Å². The summed E-state index contributed by atoms with van der Waals surface area (Å²) in [7, 11) is 0. The van der Waals surface area contributed by atoms with Gasteiger partial charge in [0.1, 0.15) is 11.6 Å². The third kappa shape index (κ3) is 3.48. The van der Waals surface area contributed by atoms with E-state index in [0.717, 1.165) is 15.7 Å². The number of benzene rings is 2. The van der Waals surface area contributed by atoms with E-state index in [0.29, 0.717) is 11.3 Å². The van der Waals surface area contributed by atoms with Gasteiger partial charge in [0.15, 0.2) is 5.69 Å². The molecular formula is C21H18N4O2. The van der Waals surface area contributed by atoms with Gasteiger partial charge in [-0.2, -0.15) is 10.4 Å². The van der Waals surface area contributed by atoms with Crippen LogP contribution in [0.1, 0.15) is 18.1 Å². The summed E-state index contributed by atoms with van der Waals surface area (Å²) in [5, 5.41) is 27.5. The van der Waals surface area contributed by atoms with Crippen LogP contribution in [0.2, 0.25) is 0 Å². The molecule has 1 N–H and O–H groups in total. The lowest BCUT2D eigenvalue weighted by Gasteiger charge is -2.10. The molecule has 0 amide bonds.